The van der Waals surface area contributed by atoms with Crippen molar-refractivity contribution in [2.75, 3.05) is 13.1 Å². The molecular weight excluding hydrogens is 455 g/mol. The zero-order chi connectivity index (χ0) is 23.8. The van der Waals surface area contributed by atoms with Crippen LogP contribution in [0.4, 0.5) is 13.2 Å². The van der Waals surface area contributed by atoms with E-state index in [9.17, 15) is 22.8 Å². The van der Waals surface area contributed by atoms with Crippen molar-refractivity contribution >= 4 is 22.7 Å². The topological polar surface area (TPSA) is 58.1 Å². The Labute approximate surface area is 193 Å². The molecule has 4 rings (SSSR count). The first-order chi connectivity index (χ1) is 15.7. The van der Waals surface area contributed by atoms with Crippen molar-refractivity contribution in [2.24, 2.45) is 0 Å². The molecule has 1 saturated heterocycles. The molecule has 1 N–H and O–H groups in total. The highest BCUT2D eigenvalue weighted by Crippen LogP contribution is 2.34. The molecular formula is C24H25ClF3N3O2. The van der Waals surface area contributed by atoms with Gasteiger partial charge in [-0.05, 0) is 49.6 Å². The lowest BCUT2D eigenvalue weighted by Crippen LogP contribution is -2.53. The summed E-state index contributed by atoms with van der Waals surface area (Å²) in [5.41, 5.74) is -0.774. The maximum atomic E-state index is 13.9. The van der Waals surface area contributed by atoms with E-state index >= 15 is 0 Å². The highest BCUT2D eigenvalue weighted by atomic mass is 35.5. The first-order valence-electron chi connectivity index (χ1n) is 11.0. The van der Waals surface area contributed by atoms with Crippen LogP contribution in [0.1, 0.15) is 43.7 Å². The van der Waals surface area contributed by atoms with Crippen molar-refractivity contribution in [3.05, 3.63) is 77.9 Å². The zero-order valence-electron chi connectivity index (χ0n) is 18.3. The summed E-state index contributed by atoms with van der Waals surface area (Å²) in [5, 5.41) is 0.0935. The van der Waals surface area contributed by atoms with Crippen LogP contribution in [-0.4, -0.2) is 33.7 Å². The molecule has 1 aliphatic carbocycles. The fourth-order valence-corrected chi connectivity index (χ4v) is 4.83. The van der Waals surface area contributed by atoms with Gasteiger partial charge in [-0.1, -0.05) is 48.4 Å². The molecule has 1 aliphatic heterocycles. The van der Waals surface area contributed by atoms with E-state index in [0.29, 0.717) is 0 Å². The number of fused-ring (bicyclic) bond motifs is 1. The molecule has 0 spiro atoms. The summed E-state index contributed by atoms with van der Waals surface area (Å²) in [6.45, 7) is 4.41. The van der Waals surface area contributed by atoms with Gasteiger partial charge in [0.25, 0.3) is 0 Å². The average Bonchev–Trinajstić information content (AvgIpc) is 3.22. The highest BCUT2D eigenvalue weighted by molar-refractivity contribution is 6.45. The van der Waals surface area contributed by atoms with Gasteiger partial charge in [0.05, 0.1) is 22.8 Å². The van der Waals surface area contributed by atoms with Crippen molar-refractivity contribution in [1.82, 2.24) is 14.5 Å². The van der Waals surface area contributed by atoms with Gasteiger partial charge in [0.2, 0.25) is 0 Å². The van der Waals surface area contributed by atoms with E-state index in [1.165, 1.54) is 0 Å². The lowest BCUT2D eigenvalue weighted by Gasteiger charge is -2.15. The molecule has 0 radical (unpaired) electrons. The summed E-state index contributed by atoms with van der Waals surface area (Å²) < 4.78 is 42.7. The second-order valence-electron chi connectivity index (χ2n) is 8.50. The number of likely N-dealkylation sites (tertiary alicyclic amines) is 1. The Morgan fingerprint density at radius 2 is 1.76 bits per heavy atom. The summed E-state index contributed by atoms with van der Waals surface area (Å²) in [6, 6.07) is 7.57. The molecule has 0 atom stereocenters. The predicted octanol–water partition coefficient (Wildman–Crippen LogP) is 2.98. The van der Waals surface area contributed by atoms with Gasteiger partial charge in [0, 0.05) is 18.0 Å². The molecule has 2 aliphatic rings. The molecule has 2 heterocycles. The SMILES string of the molecule is CCC1=C(C(F)(F)F)C=c2c([nH]c(=O)c(=O)n2Cc2cccc(CN3CCCC3)c2)=C(Cl)C1. The minimum Gasteiger partial charge on any atom is -0.315 e. The van der Waals surface area contributed by atoms with Crippen LogP contribution >= 0.6 is 11.6 Å². The molecule has 2 aromatic rings. The van der Waals surface area contributed by atoms with Gasteiger partial charge >= 0.3 is 17.3 Å². The third-order valence-corrected chi connectivity index (χ3v) is 6.52. The van der Waals surface area contributed by atoms with Crippen LogP contribution in [0.3, 0.4) is 0 Å². The van der Waals surface area contributed by atoms with Crippen LogP contribution in [0.25, 0.3) is 11.1 Å². The van der Waals surface area contributed by atoms with E-state index in [0.717, 1.165) is 54.2 Å². The lowest BCUT2D eigenvalue weighted by molar-refractivity contribution is -0.0875. The lowest BCUT2D eigenvalue weighted by atomic mass is 10.0. The van der Waals surface area contributed by atoms with Gasteiger partial charge in [-0.2, -0.15) is 13.2 Å². The predicted molar refractivity (Wildman–Crippen MR) is 122 cm³/mol. The van der Waals surface area contributed by atoms with Gasteiger partial charge < -0.3 is 4.98 Å². The molecule has 0 bridgehead atoms. The van der Waals surface area contributed by atoms with Gasteiger partial charge in [-0.3, -0.25) is 19.1 Å². The summed E-state index contributed by atoms with van der Waals surface area (Å²) in [4.78, 5) is 29.9. The van der Waals surface area contributed by atoms with Gasteiger partial charge in [0.1, 0.15) is 0 Å². The standard InChI is InChI=1S/C24H25ClF3N3O2/c1-2-17-11-19(25)21-20(12-18(17)24(26,27)28)31(23(33)22(32)29-21)14-16-7-5-6-15(10-16)13-30-8-3-4-9-30/h5-7,10,12H,2-4,8-9,11,13-14H2,1H3,(H,29,32). The van der Waals surface area contributed by atoms with Crippen molar-refractivity contribution < 1.29 is 13.2 Å². The Kier molecular flexibility index (Phi) is 6.68. The minimum atomic E-state index is -4.61. The average molecular weight is 480 g/mol. The van der Waals surface area contributed by atoms with E-state index < -0.39 is 22.9 Å². The Morgan fingerprint density at radius 1 is 1.09 bits per heavy atom. The van der Waals surface area contributed by atoms with Crippen molar-refractivity contribution in [2.45, 2.75) is 51.9 Å². The molecule has 33 heavy (non-hydrogen) atoms. The van der Waals surface area contributed by atoms with E-state index in [1.807, 2.05) is 18.2 Å². The van der Waals surface area contributed by atoms with Gasteiger partial charge in [0.15, 0.2) is 0 Å². The van der Waals surface area contributed by atoms with Crippen LogP contribution < -0.4 is 21.8 Å². The molecule has 1 aromatic carbocycles. The number of allylic oxidation sites excluding steroid dienone is 2. The van der Waals surface area contributed by atoms with Gasteiger partial charge in [-0.15, -0.1) is 0 Å². The van der Waals surface area contributed by atoms with Crippen LogP contribution in [-0.2, 0) is 13.1 Å². The van der Waals surface area contributed by atoms with Crippen molar-refractivity contribution in [1.29, 1.82) is 0 Å². The number of alkyl halides is 3. The largest absolute Gasteiger partial charge is 0.416 e. The summed E-state index contributed by atoms with van der Waals surface area (Å²) >= 11 is 6.36. The smallest absolute Gasteiger partial charge is 0.315 e. The van der Waals surface area contributed by atoms with E-state index in [4.69, 9.17) is 11.6 Å². The highest BCUT2D eigenvalue weighted by Gasteiger charge is 2.35. The molecule has 0 saturated carbocycles. The van der Waals surface area contributed by atoms with Crippen LogP contribution in [0.2, 0.25) is 0 Å². The van der Waals surface area contributed by atoms with Crippen molar-refractivity contribution in [3.8, 4) is 0 Å². The number of halogens is 4. The summed E-state index contributed by atoms with van der Waals surface area (Å²) in [6.07, 6.45) is -1.35. The molecule has 1 fully saturated rings. The second kappa shape index (κ2) is 9.35. The quantitative estimate of drug-likeness (QED) is 0.671. The fraction of sp³-hybridized carbons (Fsp3) is 0.417. The Hall–Kier alpha value is -2.58. The second-order valence-corrected chi connectivity index (χ2v) is 8.96. The minimum absolute atomic E-state index is 0.0355. The number of aromatic nitrogens is 2. The third-order valence-electron chi connectivity index (χ3n) is 6.20. The third kappa shape index (κ3) is 5.01. The molecule has 0 amide bonds. The van der Waals surface area contributed by atoms with E-state index in [-0.39, 0.29) is 40.7 Å². The normalized spacial score (nSPS) is 17.2. The van der Waals surface area contributed by atoms with Crippen LogP contribution in [0.5, 0.6) is 0 Å². The molecule has 9 heteroatoms. The van der Waals surface area contributed by atoms with E-state index in [1.54, 1.807) is 13.0 Å². The molecule has 176 valence electrons. The number of nitrogens with zero attached hydrogens (tertiary/aromatic N) is 2. The van der Waals surface area contributed by atoms with Gasteiger partial charge in [-0.25, -0.2) is 0 Å². The molecule has 1 aromatic heterocycles. The fourth-order valence-electron chi connectivity index (χ4n) is 4.53. The van der Waals surface area contributed by atoms with Crippen LogP contribution in [0, 0.1) is 0 Å². The number of rotatable bonds is 5. The zero-order valence-corrected chi connectivity index (χ0v) is 19.0. The Balaban J connectivity index is 1.86. The number of hydrogen-bond donors (Lipinski definition) is 1. The number of aromatic amines is 1. The first-order valence-corrected chi connectivity index (χ1v) is 11.4. The van der Waals surface area contributed by atoms with Crippen molar-refractivity contribution in [3.63, 3.8) is 0 Å². The number of benzene rings is 1. The number of H-pyrrole nitrogens is 1. The maximum absolute atomic E-state index is 13.9. The van der Waals surface area contributed by atoms with Crippen LogP contribution in [0.15, 0.2) is 45.0 Å². The molecule has 0 unspecified atom stereocenters. The Bertz CT molecular complexity index is 1330. The summed E-state index contributed by atoms with van der Waals surface area (Å²) in [7, 11) is 0. The Morgan fingerprint density at radius 3 is 2.39 bits per heavy atom. The monoisotopic (exact) mass is 479 g/mol. The number of hydrogen-bond acceptors (Lipinski definition) is 3. The van der Waals surface area contributed by atoms with E-state index in [2.05, 4.69) is 9.88 Å². The molecule has 5 nitrogen and oxygen atoms in total. The number of nitrogens with one attached hydrogen (secondary N) is 1. The summed E-state index contributed by atoms with van der Waals surface area (Å²) in [5.74, 6) is 0. The first kappa shape index (κ1) is 23.6. The maximum Gasteiger partial charge on any atom is 0.416 e.